The molecule has 0 bridgehead atoms. The summed E-state index contributed by atoms with van der Waals surface area (Å²) in [4.78, 5) is 53.3. The number of quaternary nitrogens is 1. The van der Waals surface area contributed by atoms with E-state index in [0.29, 0.717) is 19.3 Å². The highest BCUT2D eigenvalue weighted by Crippen LogP contribution is 2.21. The first-order chi connectivity index (χ1) is 11.5. The molecule has 1 fully saturated rings. The maximum Gasteiger partial charge on any atom is 0.431 e. The van der Waals surface area contributed by atoms with Crippen LogP contribution in [-0.2, 0) is 28.8 Å². The standard InChI is InChI=1S/C15H24N2O8/c1-15(2,3)24-14(21)16-23-10-6-4-5-7-13(20)25-17(22)11(18)8-9-12(17)19/h22H,4-10H2,1-3H3/p+1. The van der Waals surface area contributed by atoms with Gasteiger partial charge in [-0.15, -0.1) is 0 Å². The maximum atomic E-state index is 11.6. The van der Waals surface area contributed by atoms with E-state index >= 15 is 0 Å². The lowest BCUT2D eigenvalue weighted by atomic mass is 10.2. The van der Waals surface area contributed by atoms with Crippen LogP contribution in [-0.4, -0.2) is 46.1 Å². The maximum absolute atomic E-state index is 11.6. The SMILES string of the molecule is CC(C)(C)OC(=O)NOCCCCCC(=O)O[N+]1(O)C(=O)CCC1=O. The number of amides is 3. The van der Waals surface area contributed by atoms with E-state index in [1.165, 1.54) is 0 Å². The molecule has 0 unspecified atom stereocenters. The summed E-state index contributed by atoms with van der Waals surface area (Å²) in [5.41, 5.74) is 1.53. The number of hydrogen-bond donors (Lipinski definition) is 2. The first-order valence-electron chi connectivity index (χ1n) is 8.06. The molecule has 0 aromatic heterocycles. The van der Waals surface area contributed by atoms with Gasteiger partial charge in [0.15, 0.2) is 0 Å². The van der Waals surface area contributed by atoms with E-state index in [1.54, 1.807) is 20.8 Å². The molecule has 0 spiro atoms. The Bertz CT molecular complexity index is 510. The van der Waals surface area contributed by atoms with Crippen molar-refractivity contribution in [1.82, 2.24) is 5.48 Å². The molecule has 3 amide bonds. The lowest BCUT2D eigenvalue weighted by molar-refractivity contribution is -1.12. The van der Waals surface area contributed by atoms with Crippen LogP contribution in [0.4, 0.5) is 4.79 Å². The van der Waals surface area contributed by atoms with E-state index in [9.17, 15) is 24.4 Å². The van der Waals surface area contributed by atoms with Gasteiger partial charge in [-0.3, -0.25) is 4.84 Å². The van der Waals surface area contributed by atoms with Crippen LogP contribution in [0.1, 0.15) is 59.3 Å². The van der Waals surface area contributed by atoms with Crippen LogP contribution < -0.4 is 5.48 Å². The molecule has 1 saturated heterocycles. The molecule has 0 aromatic rings. The zero-order valence-corrected chi connectivity index (χ0v) is 14.7. The average Bonchev–Trinajstić information content (AvgIpc) is 2.72. The van der Waals surface area contributed by atoms with Crippen molar-refractivity contribution in [3.05, 3.63) is 0 Å². The second-order valence-corrected chi connectivity index (χ2v) is 6.59. The Kier molecular flexibility index (Phi) is 7.46. The molecule has 0 radical (unpaired) electrons. The molecule has 1 aliphatic heterocycles. The fourth-order valence-corrected chi connectivity index (χ4v) is 1.98. The molecule has 0 atom stereocenters. The molecule has 142 valence electrons. The molecule has 1 aliphatic rings. The zero-order valence-electron chi connectivity index (χ0n) is 14.7. The van der Waals surface area contributed by atoms with Crippen molar-refractivity contribution in [3.63, 3.8) is 0 Å². The van der Waals surface area contributed by atoms with E-state index in [0.717, 1.165) is 0 Å². The molecule has 10 heteroatoms. The predicted octanol–water partition coefficient (Wildman–Crippen LogP) is 1.51. The van der Waals surface area contributed by atoms with E-state index in [1.807, 2.05) is 0 Å². The lowest BCUT2D eigenvalue weighted by Gasteiger charge is -2.19. The minimum absolute atomic E-state index is 0.0549. The Morgan fingerprint density at radius 2 is 1.72 bits per heavy atom. The summed E-state index contributed by atoms with van der Waals surface area (Å²) in [6, 6.07) is 0. The predicted molar refractivity (Wildman–Crippen MR) is 81.2 cm³/mol. The Morgan fingerprint density at radius 3 is 2.28 bits per heavy atom. The van der Waals surface area contributed by atoms with E-state index in [2.05, 4.69) is 10.3 Å². The molecule has 1 rings (SSSR count). The van der Waals surface area contributed by atoms with Crippen LogP contribution in [0.2, 0.25) is 0 Å². The van der Waals surface area contributed by atoms with Crippen LogP contribution in [0.25, 0.3) is 0 Å². The quantitative estimate of drug-likeness (QED) is 0.219. The van der Waals surface area contributed by atoms with Gasteiger partial charge in [0.25, 0.3) is 0 Å². The van der Waals surface area contributed by atoms with Crippen LogP contribution >= 0.6 is 0 Å². The molecule has 10 nitrogen and oxygen atoms in total. The summed E-state index contributed by atoms with van der Waals surface area (Å²) in [6.07, 6.45) is 0.513. The van der Waals surface area contributed by atoms with Crippen molar-refractivity contribution in [2.75, 3.05) is 6.61 Å². The Labute approximate surface area is 145 Å². The Balaban J connectivity index is 2.10. The number of hydrogen-bond acceptors (Lipinski definition) is 8. The number of ether oxygens (including phenoxy) is 1. The van der Waals surface area contributed by atoms with Crippen molar-refractivity contribution in [2.24, 2.45) is 0 Å². The highest BCUT2D eigenvalue weighted by atomic mass is 17.0. The van der Waals surface area contributed by atoms with Crippen LogP contribution in [0.5, 0.6) is 0 Å². The largest absolute Gasteiger partial charge is 0.442 e. The van der Waals surface area contributed by atoms with Gasteiger partial charge in [0.05, 0.1) is 25.9 Å². The first kappa shape index (κ1) is 21.0. The summed E-state index contributed by atoms with van der Waals surface area (Å²) < 4.78 is 4.97. The summed E-state index contributed by atoms with van der Waals surface area (Å²) in [5.74, 6) is -2.53. The third kappa shape index (κ3) is 7.16. The number of nitrogens with zero attached hydrogens (tertiary/aromatic N) is 1. The molecule has 0 saturated carbocycles. The van der Waals surface area contributed by atoms with Crippen molar-refractivity contribution >= 4 is 23.9 Å². The lowest BCUT2D eigenvalue weighted by Crippen LogP contribution is -2.50. The number of carbonyl (C=O) groups excluding carboxylic acids is 4. The van der Waals surface area contributed by atoms with Crippen molar-refractivity contribution in [2.45, 2.75) is 64.9 Å². The first-order valence-corrected chi connectivity index (χ1v) is 8.06. The summed E-state index contributed by atoms with van der Waals surface area (Å²) >= 11 is 0. The van der Waals surface area contributed by atoms with Crippen molar-refractivity contribution < 1.29 is 43.6 Å². The highest BCUT2D eigenvalue weighted by Gasteiger charge is 2.55. The van der Waals surface area contributed by atoms with Gasteiger partial charge in [-0.25, -0.2) is 24.0 Å². The molecular formula is C15H25N2O8+. The van der Waals surface area contributed by atoms with Crippen molar-refractivity contribution in [1.29, 1.82) is 0 Å². The smallest absolute Gasteiger partial charge is 0.431 e. The fourth-order valence-electron chi connectivity index (χ4n) is 1.98. The van der Waals surface area contributed by atoms with Crippen LogP contribution in [0, 0.1) is 0 Å². The molecule has 0 aliphatic carbocycles. The van der Waals surface area contributed by atoms with E-state index < -0.39 is 34.3 Å². The van der Waals surface area contributed by atoms with Gasteiger partial charge in [0.2, 0.25) is 0 Å². The van der Waals surface area contributed by atoms with Gasteiger partial charge in [0, 0.05) is 0 Å². The molecule has 25 heavy (non-hydrogen) atoms. The summed E-state index contributed by atoms with van der Waals surface area (Å²) in [5, 5.41) is 9.73. The topological polar surface area (TPSA) is 128 Å². The minimum atomic E-state index is -1.89. The van der Waals surface area contributed by atoms with Crippen molar-refractivity contribution in [3.8, 4) is 0 Å². The fraction of sp³-hybridized carbons (Fsp3) is 0.733. The normalized spacial score (nSPS) is 16.6. The zero-order chi connectivity index (χ0) is 19.1. The Morgan fingerprint density at radius 1 is 1.12 bits per heavy atom. The molecule has 1 heterocycles. The summed E-state index contributed by atoms with van der Waals surface area (Å²) in [6.45, 7) is 5.42. The number of rotatable bonds is 8. The minimum Gasteiger partial charge on any atom is -0.442 e. The number of imide groups is 1. The number of hydroxylamine groups is 5. The Hall–Kier alpha value is -2.04. The number of carbonyl (C=O) groups is 4. The summed E-state index contributed by atoms with van der Waals surface area (Å²) in [7, 11) is 0. The third-order valence-electron chi connectivity index (χ3n) is 3.14. The molecule has 0 aromatic carbocycles. The third-order valence-corrected chi connectivity index (χ3v) is 3.14. The second kappa shape index (κ2) is 8.88. The highest BCUT2D eigenvalue weighted by molar-refractivity contribution is 5.91. The number of nitrogens with one attached hydrogen (secondary N) is 1. The van der Waals surface area contributed by atoms with Gasteiger partial charge in [-0.1, -0.05) is 6.42 Å². The average molecular weight is 361 g/mol. The second-order valence-electron chi connectivity index (χ2n) is 6.59. The monoisotopic (exact) mass is 361 g/mol. The van der Waals surface area contributed by atoms with Crippen LogP contribution in [0.3, 0.4) is 0 Å². The molecule has 2 N–H and O–H groups in total. The van der Waals surface area contributed by atoms with Gasteiger partial charge in [-0.05, 0) is 33.6 Å². The van der Waals surface area contributed by atoms with Gasteiger partial charge in [-0.2, -0.15) is 10.7 Å². The van der Waals surface area contributed by atoms with E-state index in [4.69, 9.17) is 9.57 Å². The van der Waals surface area contributed by atoms with Gasteiger partial charge >= 0.3 is 23.9 Å². The van der Waals surface area contributed by atoms with E-state index in [-0.39, 0.29) is 25.9 Å². The molecular weight excluding hydrogens is 336 g/mol. The van der Waals surface area contributed by atoms with Crippen LogP contribution in [0.15, 0.2) is 0 Å². The van der Waals surface area contributed by atoms with Gasteiger partial charge < -0.3 is 4.74 Å². The van der Waals surface area contributed by atoms with Gasteiger partial charge in [0.1, 0.15) is 10.4 Å². The number of unbranched alkanes of at least 4 members (excludes halogenated alkanes) is 2.